The standard InChI is InChI=1S/C16H12ClN3O2/c1-22-14-6-5-11(17)8-10(14)9-13-16(21)20-15(19-13)12-4-2-3-7-18-12/h2-9H,1H3,(H,19,20,21)/b13-9+. The Hall–Kier alpha value is -2.66. The number of hydrogen-bond donors (Lipinski definition) is 1. The molecular formula is C16H12ClN3O2. The number of aromatic nitrogens is 1. The third kappa shape index (κ3) is 2.84. The highest BCUT2D eigenvalue weighted by Crippen LogP contribution is 2.26. The van der Waals surface area contributed by atoms with E-state index in [1.54, 1.807) is 49.7 Å². The van der Waals surface area contributed by atoms with Crippen molar-refractivity contribution in [1.82, 2.24) is 10.3 Å². The summed E-state index contributed by atoms with van der Waals surface area (Å²) in [5.74, 6) is 0.756. The van der Waals surface area contributed by atoms with Crippen molar-refractivity contribution in [2.24, 2.45) is 4.99 Å². The Balaban J connectivity index is 2.00. The molecule has 1 amide bonds. The van der Waals surface area contributed by atoms with Gasteiger partial charge in [0.25, 0.3) is 5.91 Å². The summed E-state index contributed by atoms with van der Waals surface area (Å²) in [5.41, 5.74) is 1.57. The van der Waals surface area contributed by atoms with E-state index >= 15 is 0 Å². The maximum absolute atomic E-state index is 12.1. The lowest BCUT2D eigenvalue weighted by Crippen LogP contribution is -2.25. The molecule has 0 unspecified atom stereocenters. The predicted octanol–water partition coefficient (Wildman–Crippen LogP) is 2.66. The molecule has 1 aliphatic rings. The van der Waals surface area contributed by atoms with Crippen molar-refractivity contribution in [2.75, 3.05) is 7.11 Å². The number of pyridine rings is 1. The van der Waals surface area contributed by atoms with E-state index in [1.807, 2.05) is 6.07 Å². The number of aliphatic imine (C=N–C) groups is 1. The van der Waals surface area contributed by atoms with E-state index in [2.05, 4.69) is 15.3 Å². The van der Waals surface area contributed by atoms with Crippen molar-refractivity contribution in [3.63, 3.8) is 0 Å². The summed E-state index contributed by atoms with van der Waals surface area (Å²) in [7, 11) is 1.56. The van der Waals surface area contributed by atoms with Gasteiger partial charge in [-0.25, -0.2) is 4.99 Å². The molecule has 0 atom stereocenters. The second-order valence-electron chi connectivity index (χ2n) is 4.55. The van der Waals surface area contributed by atoms with Gasteiger partial charge < -0.3 is 10.1 Å². The molecular weight excluding hydrogens is 302 g/mol. The van der Waals surface area contributed by atoms with E-state index in [0.29, 0.717) is 27.9 Å². The zero-order valence-corrected chi connectivity index (χ0v) is 12.5. The number of benzene rings is 1. The van der Waals surface area contributed by atoms with Crippen LogP contribution in [0.1, 0.15) is 11.3 Å². The van der Waals surface area contributed by atoms with Crippen LogP contribution in [0.3, 0.4) is 0 Å². The summed E-state index contributed by atoms with van der Waals surface area (Å²) in [5, 5.41) is 3.25. The molecule has 2 aromatic rings. The Bertz CT molecular complexity index is 785. The zero-order chi connectivity index (χ0) is 15.5. The number of nitrogens with one attached hydrogen (secondary N) is 1. The van der Waals surface area contributed by atoms with E-state index in [0.717, 1.165) is 0 Å². The molecule has 0 bridgehead atoms. The third-order valence-electron chi connectivity index (χ3n) is 3.09. The van der Waals surface area contributed by atoms with Gasteiger partial charge in [0.15, 0.2) is 5.84 Å². The van der Waals surface area contributed by atoms with Crippen molar-refractivity contribution in [1.29, 1.82) is 0 Å². The molecule has 1 N–H and O–H groups in total. The maximum Gasteiger partial charge on any atom is 0.275 e. The van der Waals surface area contributed by atoms with Gasteiger partial charge in [-0.2, -0.15) is 0 Å². The van der Waals surface area contributed by atoms with Crippen LogP contribution in [0.15, 0.2) is 53.3 Å². The highest BCUT2D eigenvalue weighted by molar-refractivity contribution is 6.30. The average Bonchev–Trinajstić information content (AvgIpc) is 2.90. The highest BCUT2D eigenvalue weighted by atomic mass is 35.5. The Labute approximate surface area is 132 Å². The summed E-state index contributed by atoms with van der Waals surface area (Å²) >= 11 is 5.99. The first-order valence-electron chi connectivity index (χ1n) is 6.54. The molecule has 2 heterocycles. The lowest BCUT2D eigenvalue weighted by molar-refractivity contribution is -0.115. The van der Waals surface area contributed by atoms with Crippen LogP contribution in [0.25, 0.3) is 6.08 Å². The molecule has 1 aromatic carbocycles. The molecule has 110 valence electrons. The monoisotopic (exact) mass is 313 g/mol. The molecule has 0 saturated carbocycles. The molecule has 1 aliphatic heterocycles. The van der Waals surface area contributed by atoms with E-state index in [9.17, 15) is 4.79 Å². The first-order chi connectivity index (χ1) is 10.7. The molecule has 6 heteroatoms. The summed E-state index contributed by atoms with van der Waals surface area (Å²) in [6, 6.07) is 10.6. The second kappa shape index (κ2) is 5.99. The second-order valence-corrected chi connectivity index (χ2v) is 4.98. The molecule has 0 fully saturated rings. The van der Waals surface area contributed by atoms with Crippen LogP contribution in [-0.4, -0.2) is 23.8 Å². The van der Waals surface area contributed by atoms with E-state index in [4.69, 9.17) is 16.3 Å². The number of rotatable bonds is 3. The minimum atomic E-state index is -0.289. The summed E-state index contributed by atoms with van der Waals surface area (Å²) in [4.78, 5) is 20.5. The SMILES string of the molecule is COc1ccc(Cl)cc1/C=C1/N=C(c2ccccn2)NC1=O. The van der Waals surface area contributed by atoms with Gasteiger partial charge >= 0.3 is 0 Å². The number of methoxy groups -OCH3 is 1. The minimum Gasteiger partial charge on any atom is -0.496 e. The molecule has 0 radical (unpaired) electrons. The van der Waals surface area contributed by atoms with Crippen molar-refractivity contribution in [2.45, 2.75) is 0 Å². The van der Waals surface area contributed by atoms with Crippen LogP contribution in [0, 0.1) is 0 Å². The van der Waals surface area contributed by atoms with Gasteiger partial charge in [-0.1, -0.05) is 17.7 Å². The Morgan fingerprint density at radius 3 is 2.86 bits per heavy atom. The molecule has 3 rings (SSSR count). The van der Waals surface area contributed by atoms with Gasteiger partial charge in [-0.05, 0) is 36.4 Å². The summed E-state index contributed by atoms with van der Waals surface area (Å²) in [6.07, 6.45) is 3.28. The molecule has 1 aromatic heterocycles. The van der Waals surface area contributed by atoms with Crippen molar-refractivity contribution in [3.8, 4) is 5.75 Å². The van der Waals surface area contributed by atoms with Crippen LogP contribution in [-0.2, 0) is 4.79 Å². The number of amidine groups is 1. The number of carbonyl (C=O) groups is 1. The van der Waals surface area contributed by atoms with Crippen LogP contribution < -0.4 is 10.1 Å². The fourth-order valence-corrected chi connectivity index (χ4v) is 2.24. The minimum absolute atomic E-state index is 0.279. The zero-order valence-electron chi connectivity index (χ0n) is 11.7. The Morgan fingerprint density at radius 2 is 2.14 bits per heavy atom. The molecule has 5 nitrogen and oxygen atoms in total. The van der Waals surface area contributed by atoms with Gasteiger partial charge in [0.2, 0.25) is 0 Å². The van der Waals surface area contributed by atoms with Crippen LogP contribution in [0.4, 0.5) is 0 Å². The smallest absolute Gasteiger partial charge is 0.275 e. The number of halogens is 1. The third-order valence-corrected chi connectivity index (χ3v) is 3.32. The number of carbonyl (C=O) groups excluding carboxylic acids is 1. The predicted molar refractivity (Wildman–Crippen MR) is 84.9 cm³/mol. The normalized spacial score (nSPS) is 15.6. The van der Waals surface area contributed by atoms with Crippen LogP contribution in [0.5, 0.6) is 5.75 Å². The van der Waals surface area contributed by atoms with Gasteiger partial charge in [0, 0.05) is 16.8 Å². The van der Waals surface area contributed by atoms with Crippen molar-refractivity contribution in [3.05, 3.63) is 64.6 Å². The molecule has 0 aliphatic carbocycles. The van der Waals surface area contributed by atoms with Gasteiger partial charge in [-0.3, -0.25) is 9.78 Å². The topological polar surface area (TPSA) is 63.6 Å². The maximum atomic E-state index is 12.1. The molecule has 0 spiro atoms. The quantitative estimate of drug-likeness (QED) is 0.886. The lowest BCUT2D eigenvalue weighted by Gasteiger charge is -2.04. The molecule has 22 heavy (non-hydrogen) atoms. The average molecular weight is 314 g/mol. The van der Waals surface area contributed by atoms with Crippen molar-refractivity contribution < 1.29 is 9.53 Å². The van der Waals surface area contributed by atoms with E-state index < -0.39 is 0 Å². The highest BCUT2D eigenvalue weighted by Gasteiger charge is 2.22. The largest absolute Gasteiger partial charge is 0.496 e. The number of ether oxygens (including phenoxy) is 1. The van der Waals surface area contributed by atoms with E-state index in [-0.39, 0.29) is 11.6 Å². The van der Waals surface area contributed by atoms with Crippen LogP contribution in [0.2, 0.25) is 5.02 Å². The van der Waals surface area contributed by atoms with E-state index in [1.165, 1.54) is 0 Å². The first kappa shape index (κ1) is 14.3. The fourth-order valence-electron chi connectivity index (χ4n) is 2.06. The number of amides is 1. The number of nitrogens with zero attached hydrogens (tertiary/aromatic N) is 2. The Morgan fingerprint density at radius 1 is 1.27 bits per heavy atom. The van der Waals surface area contributed by atoms with Gasteiger partial charge in [0.05, 0.1) is 7.11 Å². The van der Waals surface area contributed by atoms with Gasteiger partial charge in [-0.15, -0.1) is 0 Å². The summed E-state index contributed by atoms with van der Waals surface area (Å²) < 4.78 is 5.26. The number of hydrogen-bond acceptors (Lipinski definition) is 4. The van der Waals surface area contributed by atoms with Crippen LogP contribution >= 0.6 is 11.6 Å². The van der Waals surface area contributed by atoms with Crippen molar-refractivity contribution >= 4 is 29.4 Å². The van der Waals surface area contributed by atoms with Gasteiger partial charge in [0.1, 0.15) is 17.1 Å². The first-order valence-corrected chi connectivity index (χ1v) is 6.92. The molecule has 0 saturated heterocycles. The summed E-state index contributed by atoms with van der Waals surface area (Å²) in [6.45, 7) is 0. The Kier molecular flexibility index (Phi) is 3.89. The fraction of sp³-hybridized carbons (Fsp3) is 0.0625. The lowest BCUT2D eigenvalue weighted by atomic mass is 10.1.